The van der Waals surface area contributed by atoms with Gasteiger partial charge in [-0.3, -0.25) is 9.78 Å². The third-order valence-corrected chi connectivity index (χ3v) is 5.56. The van der Waals surface area contributed by atoms with Crippen molar-refractivity contribution >= 4 is 34.4 Å². The van der Waals surface area contributed by atoms with Gasteiger partial charge in [0, 0.05) is 22.6 Å². The van der Waals surface area contributed by atoms with E-state index < -0.39 is 12.1 Å². The number of fused-ring (bicyclic) bond motifs is 2. The monoisotopic (exact) mass is 408 g/mol. The Kier molecular flexibility index (Phi) is 5.49. The molecule has 1 atom stereocenters. The zero-order valence-electron chi connectivity index (χ0n) is 16.1. The topological polar surface area (TPSA) is 68.3 Å². The summed E-state index contributed by atoms with van der Waals surface area (Å²) >= 11 is 6.12. The summed E-state index contributed by atoms with van der Waals surface area (Å²) in [5, 5.41) is 4.12. The van der Waals surface area contributed by atoms with Crippen molar-refractivity contribution in [3.63, 3.8) is 0 Å². The van der Waals surface area contributed by atoms with Crippen molar-refractivity contribution in [2.24, 2.45) is 0 Å². The number of benzene rings is 2. The number of esters is 1. The van der Waals surface area contributed by atoms with Gasteiger partial charge in [-0.05, 0) is 49.4 Å². The van der Waals surface area contributed by atoms with Crippen LogP contribution in [0.1, 0.15) is 40.5 Å². The number of rotatable bonds is 5. The lowest BCUT2D eigenvalue weighted by molar-refractivity contribution is -0.129. The van der Waals surface area contributed by atoms with E-state index in [1.807, 2.05) is 42.5 Å². The van der Waals surface area contributed by atoms with Gasteiger partial charge in [0.15, 0.2) is 6.10 Å². The summed E-state index contributed by atoms with van der Waals surface area (Å²) in [4.78, 5) is 30.1. The van der Waals surface area contributed by atoms with Crippen LogP contribution in [0.3, 0.4) is 0 Å². The van der Waals surface area contributed by atoms with Crippen molar-refractivity contribution in [3.05, 3.63) is 75.9 Å². The lowest BCUT2D eigenvalue weighted by Crippen LogP contribution is -2.35. The highest BCUT2D eigenvalue weighted by atomic mass is 35.5. The highest BCUT2D eigenvalue weighted by Crippen LogP contribution is 2.30. The molecule has 0 aliphatic heterocycles. The molecule has 4 rings (SSSR count). The number of hydrogen-bond acceptors (Lipinski definition) is 4. The third-order valence-electron chi connectivity index (χ3n) is 5.19. The Labute approximate surface area is 174 Å². The van der Waals surface area contributed by atoms with Crippen LogP contribution in [-0.2, 0) is 28.9 Å². The van der Waals surface area contributed by atoms with Gasteiger partial charge in [0.2, 0.25) is 0 Å². The molecule has 0 radical (unpaired) electrons. The van der Waals surface area contributed by atoms with Crippen LogP contribution in [0.2, 0.25) is 5.02 Å². The van der Waals surface area contributed by atoms with Gasteiger partial charge in [-0.2, -0.15) is 0 Å². The number of aryl methyl sites for hydroxylation is 1. The van der Waals surface area contributed by atoms with Gasteiger partial charge >= 0.3 is 5.97 Å². The maximum atomic E-state index is 13.0. The average molecular weight is 409 g/mol. The Morgan fingerprint density at radius 3 is 2.72 bits per heavy atom. The minimum atomic E-state index is -0.922. The van der Waals surface area contributed by atoms with E-state index in [-0.39, 0.29) is 12.5 Å². The fourth-order valence-electron chi connectivity index (χ4n) is 3.68. The van der Waals surface area contributed by atoms with E-state index in [0.717, 1.165) is 47.0 Å². The number of nitrogens with one attached hydrogen (secondary N) is 1. The molecule has 2 aromatic carbocycles. The third kappa shape index (κ3) is 3.96. The Balaban J connectivity index is 1.51. The zero-order valence-corrected chi connectivity index (χ0v) is 16.8. The molecule has 0 saturated carbocycles. The first-order valence-electron chi connectivity index (χ1n) is 9.67. The van der Waals surface area contributed by atoms with Gasteiger partial charge in [0.25, 0.3) is 5.91 Å². The Bertz CT molecular complexity index is 1100. The average Bonchev–Trinajstić information content (AvgIpc) is 3.18. The number of amides is 1. The number of halogens is 1. The fraction of sp³-hybridized carbons (Fsp3) is 0.261. The van der Waals surface area contributed by atoms with Gasteiger partial charge < -0.3 is 10.1 Å². The molecular weight excluding hydrogens is 388 g/mol. The first-order chi connectivity index (χ1) is 14.0. The number of nitrogens with zero attached hydrogens (tertiary/aromatic N) is 1. The minimum Gasteiger partial charge on any atom is -0.449 e. The quantitative estimate of drug-likeness (QED) is 0.641. The first kappa shape index (κ1) is 19.4. The van der Waals surface area contributed by atoms with Crippen LogP contribution in [0, 0.1) is 0 Å². The molecule has 0 spiro atoms. The van der Waals surface area contributed by atoms with Crippen molar-refractivity contribution in [1.29, 1.82) is 0 Å². The van der Waals surface area contributed by atoms with Crippen LogP contribution in [0.5, 0.6) is 0 Å². The number of ether oxygens (including phenoxy) is 1. The molecular formula is C23H21ClN2O3. The number of hydrogen-bond donors (Lipinski definition) is 1. The fourth-order valence-corrected chi connectivity index (χ4v) is 3.89. The second-order valence-electron chi connectivity index (χ2n) is 7.14. The summed E-state index contributed by atoms with van der Waals surface area (Å²) in [6, 6.07) is 14.8. The maximum Gasteiger partial charge on any atom is 0.339 e. The smallest absolute Gasteiger partial charge is 0.339 e. The Morgan fingerprint density at radius 1 is 1.14 bits per heavy atom. The van der Waals surface area contributed by atoms with E-state index in [4.69, 9.17) is 16.3 Å². The van der Waals surface area contributed by atoms with Crippen molar-refractivity contribution < 1.29 is 14.3 Å². The number of aromatic nitrogens is 1. The van der Waals surface area contributed by atoms with E-state index in [0.29, 0.717) is 10.6 Å². The van der Waals surface area contributed by atoms with Crippen LogP contribution in [-0.4, -0.2) is 23.0 Å². The number of carbonyl (C=O) groups is 2. The van der Waals surface area contributed by atoms with E-state index >= 15 is 0 Å². The van der Waals surface area contributed by atoms with E-state index in [1.54, 1.807) is 13.0 Å². The van der Waals surface area contributed by atoms with Crippen LogP contribution < -0.4 is 5.32 Å². The molecule has 29 heavy (non-hydrogen) atoms. The molecule has 5 nitrogen and oxygen atoms in total. The van der Waals surface area contributed by atoms with Gasteiger partial charge in [-0.15, -0.1) is 0 Å². The van der Waals surface area contributed by atoms with Crippen LogP contribution >= 0.6 is 11.6 Å². The normalized spacial score (nSPS) is 13.7. The Hall–Kier alpha value is -2.92. The van der Waals surface area contributed by atoms with Crippen molar-refractivity contribution in [3.8, 4) is 0 Å². The molecule has 1 aromatic heterocycles. The van der Waals surface area contributed by atoms with Gasteiger partial charge in [-0.25, -0.2) is 4.79 Å². The van der Waals surface area contributed by atoms with E-state index in [2.05, 4.69) is 10.3 Å². The van der Waals surface area contributed by atoms with Gasteiger partial charge in [0.05, 0.1) is 11.1 Å². The summed E-state index contributed by atoms with van der Waals surface area (Å²) in [5.41, 5.74) is 4.01. The van der Waals surface area contributed by atoms with Crippen molar-refractivity contribution in [2.45, 2.75) is 38.8 Å². The molecule has 1 aliphatic carbocycles. The van der Waals surface area contributed by atoms with Crippen molar-refractivity contribution in [1.82, 2.24) is 10.3 Å². The second-order valence-corrected chi connectivity index (χ2v) is 7.55. The molecule has 0 unspecified atom stereocenters. The molecule has 0 saturated heterocycles. The minimum absolute atomic E-state index is 0.272. The summed E-state index contributed by atoms with van der Waals surface area (Å²) in [7, 11) is 0. The maximum absolute atomic E-state index is 13.0. The summed E-state index contributed by atoms with van der Waals surface area (Å²) in [6.45, 7) is 1.84. The molecule has 1 N–H and O–H groups in total. The van der Waals surface area contributed by atoms with Crippen molar-refractivity contribution in [2.75, 3.05) is 0 Å². The first-order valence-corrected chi connectivity index (χ1v) is 10.0. The highest BCUT2D eigenvalue weighted by molar-refractivity contribution is 6.31. The van der Waals surface area contributed by atoms with E-state index in [1.165, 1.54) is 0 Å². The molecule has 1 heterocycles. The number of para-hydroxylation sites is 1. The molecule has 1 amide bonds. The predicted octanol–water partition coefficient (Wildman–Crippen LogP) is 4.24. The van der Waals surface area contributed by atoms with E-state index in [9.17, 15) is 9.59 Å². The van der Waals surface area contributed by atoms with Crippen LogP contribution in [0.4, 0.5) is 0 Å². The lowest BCUT2D eigenvalue weighted by Gasteiger charge is -2.16. The molecule has 6 heteroatoms. The molecule has 3 aromatic rings. The van der Waals surface area contributed by atoms with Gasteiger partial charge in [-0.1, -0.05) is 48.0 Å². The predicted molar refractivity (Wildman–Crippen MR) is 112 cm³/mol. The SMILES string of the molecule is C[C@H](OC(=O)c1c2c(nc3ccccc13)CCC2)C(=O)NCc1ccccc1Cl. The Morgan fingerprint density at radius 2 is 1.90 bits per heavy atom. The molecule has 0 bridgehead atoms. The molecule has 1 aliphatic rings. The highest BCUT2D eigenvalue weighted by Gasteiger charge is 2.27. The zero-order chi connectivity index (χ0) is 20.4. The summed E-state index contributed by atoms with van der Waals surface area (Å²) < 4.78 is 5.54. The summed E-state index contributed by atoms with van der Waals surface area (Å²) in [6.07, 6.45) is 1.69. The lowest BCUT2D eigenvalue weighted by atomic mass is 10.0. The number of carbonyl (C=O) groups excluding carboxylic acids is 2. The van der Waals surface area contributed by atoms with Crippen LogP contribution in [0.25, 0.3) is 10.9 Å². The standard InChI is InChI=1S/C23H21ClN2O3/c1-14(22(27)25-13-15-7-2-4-10-18(15)24)29-23(28)21-16-8-3-5-11-19(16)26-20-12-6-9-17(20)21/h2-5,7-8,10-11,14H,6,9,12-13H2,1H3,(H,25,27)/t14-/m0/s1. The number of pyridine rings is 1. The largest absolute Gasteiger partial charge is 0.449 e. The van der Waals surface area contributed by atoms with Crippen LogP contribution in [0.15, 0.2) is 48.5 Å². The summed E-state index contributed by atoms with van der Waals surface area (Å²) in [5.74, 6) is -0.851. The molecule has 0 fully saturated rings. The molecule has 148 valence electrons. The van der Waals surface area contributed by atoms with Gasteiger partial charge in [0.1, 0.15) is 0 Å². The second kappa shape index (κ2) is 8.21.